The molecule has 1 aromatic carbocycles. The van der Waals surface area contributed by atoms with Crippen LogP contribution in [0.25, 0.3) is 0 Å². The van der Waals surface area contributed by atoms with Crippen LogP contribution in [0.5, 0.6) is 5.75 Å². The zero-order valence-electron chi connectivity index (χ0n) is 8.66. The summed E-state index contributed by atoms with van der Waals surface area (Å²) < 4.78 is 12.9. The van der Waals surface area contributed by atoms with E-state index < -0.39 is 11.6 Å². The number of hydrogen-bond acceptors (Lipinski definition) is 3. The molecule has 86 valence electrons. The monoisotopic (exact) mass is 224 g/mol. The highest BCUT2D eigenvalue weighted by Crippen LogP contribution is 2.18. The maximum atomic E-state index is 12.9. The molecule has 0 fully saturated rings. The number of amides is 1. The van der Waals surface area contributed by atoms with Crippen molar-refractivity contribution in [1.29, 1.82) is 0 Å². The lowest BCUT2D eigenvalue weighted by molar-refractivity contribution is -0.115. The van der Waals surface area contributed by atoms with E-state index >= 15 is 0 Å². The lowest BCUT2D eigenvalue weighted by Gasteiger charge is -2.06. The van der Waals surface area contributed by atoms with Crippen molar-refractivity contribution in [3.8, 4) is 5.75 Å². The molecule has 0 saturated heterocycles. The van der Waals surface area contributed by atoms with Crippen molar-refractivity contribution in [3.63, 3.8) is 0 Å². The molecule has 1 amide bonds. The molecule has 0 unspecified atom stereocenters. The Morgan fingerprint density at radius 2 is 2.31 bits per heavy atom. The van der Waals surface area contributed by atoms with Crippen LogP contribution in [0.15, 0.2) is 30.9 Å². The van der Waals surface area contributed by atoms with Gasteiger partial charge in [-0.15, -0.1) is 6.58 Å². The Morgan fingerprint density at radius 1 is 1.56 bits per heavy atom. The van der Waals surface area contributed by atoms with Gasteiger partial charge in [-0.05, 0) is 12.1 Å². The number of carbonyl (C=O) groups excluding carboxylic acids is 1. The van der Waals surface area contributed by atoms with Gasteiger partial charge in [-0.3, -0.25) is 4.79 Å². The van der Waals surface area contributed by atoms with Crippen molar-refractivity contribution < 1.29 is 14.3 Å². The van der Waals surface area contributed by atoms with Gasteiger partial charge in [0.1, 0.15) is 0 Å². The third kappa shape index (κ3) is 3.70. The Labute approximate surface area is 92.8 Å². The highest BCUT2D eigenvalue weighted by atomic mass is 19.1. The molecule has 0 saturated carbocycles. The minimum atomic E-state index is -0.767. The molecule has 4 nitrogen and oxygen atoms in total. The van der Waals surface area contributed by atoms with Gasteiger partial charge in [0, 0.05) is 18.3 Å². The topological polar surface area (TPSA) is 61.4 Å². The summed E-state index contributed by atoms with van der Waals surface area (Å²) in [5, 5.41) is 14.2. The third-order valence-corrected chi connectivity index (χ3v) is 1.81. The largest absolute Gasteiger partial charge is 0.505 e. The summed E-state index contributed by atoms with van der Waals surface area (Å²) >= 11 is 0. The van der Waals surface area contributed by atoms with Crippen molar-refractivity contribution in [2.24, 2.45) is 0 Å². The molecular weight excluding hydrogens is 211 g/mol. The minimum Gasteiger partial charge on any atom is -0.505 e. The van der Waals surface area contributed by atoms with Crippen LogP contribution >= 0.6 is 0 Å². The second-order valence-electron chi connectivity index (χ2n) is 3.13. The SMILES string of the molecule is C=CCNCC(=O)Nc1ccc(O)c(F)c1. The van der Waals surface area contributed by atoms with Crippen molar-refractivity contribution in [2.45, 2.75) is 0 Å². The summed E-state index contributed by atoms with van der Waals surface area (Å²) in [5.74, 6) is -1.49. The molecule has 0 aliphatic rings. The number of phenols is 1. The van der Waals surface area contributed by atoms with E-state index in [4.69, 9.17) is 5.11 Å². The summed E-state index contributed by atoms with van der Waals surface area (Å²) in [7, 11) is 0. The first-order valence-corrected chi connectivity index (χ1v) is 4.73. The molecule has 0 heterocycles. The summed E-state index contributed by atoms with van der Waals surface area (Å²) in [6.45, 7) is 4.14. The second kappa shape index (κ2) is 5.87. The first-order valence-electron chi connectivity index (χ1n) is 4.73. The molecule has 0 spiro atoms. The van der Waals surface area contributed by atoms with Crippen LogP contribution in [-0.4, -0.2) is 24.1 Å². The van der Waals surface area contributed by atoms with Crippen LogP contribution < -0.4 is 10.6 Å². The normalized spacial score (nSPS) is 9.81. The van der Waals surface area contributed by atoms with E-state index in [1.54, 1.807) is 6.08 Å². The Morgan fingerprint density at radius 3 is 2.94 bits per heavy atom. The highest BCUT2D eigenvalue weighted by molar-refractivity contribution is 5.92. The third-order valence-electron chi connectivity index (χ3n) is 1.81. The molecule has 0 radical (unpaired) electrons. The van der Waals surface area contributed by atoms with Crippen molar-refractivity contribution in [2.75, 3.05) is 18.4 Å². The van der Waals surface area contributed by atoms with E-state index in [0.717, 1.165) is 6.07 Å². The van der Waals surface area contributed by atoms with Crippen LogP contribution in [0, 0.1) is 5.82 Å². The van der Waals surface area contributed by atoms with Crippen molar-refractivity contribution >= 4 is 11.6 Å². The Hall–Kier alpha value is -1.88. The Kier molecular flexibility index (Phi) is 4.47. The van der Waals surface area contributed by atoms with Gasteiger partial charge >= 0.3 is 0 Å². The van der Waals surface area contributed by atoms with Crippen LogP contribution in [-0.2, 0) is 4.79 Å². The van der Waals surface area contributed by atoms with Crippen LogP contribution in [0.2, 0.25) is 0 Å². The quantitative estimate of drug-likeness (QED) is 0.400. The zero-order chi connectivity index (χ0) is 12.0. The molecule has 0 bridgehead atoms. The number of halogens is 1. The van der Waals surface area contributed by atoms with Gasteiger partial charge in [-0.2, -0.15) is 0 Å². The van der Waals surface area contributed by atoms with Crippen LogP contribution in [0.4, 0.5) is 10.1 Å². The molecule has 1 rings (SSSR count). The number of aromatic hydroxyl groups is 1. The molecule has 3 N–H and O–H groups in total. The smallest absolute Gasteiger partial charge is 0.238 e. The average Bonchev–Trinajstić information content (AvgIpc) is 2.24. The maximum absolute atomic E-state index is 12.9. The Balaban J connectivity index is 2.49. The predicted molar refractivity (Wildman–Crippen MR) is 59.8 cm³/mol. The summed E-state index contributed by atoms with van der Waals surface area (Å²) in [6.07, 6.45) is 1.63. The van der Waals surface area contributed by atoms with Gasteiger partial charge in [0.05, 0.1) is 6.54 Å². The van der Waals surface area contributed by atoms with E-state index in [2.05, 4.69) is 17.2 Å². The summed E-state index contributed by atoms with van der Waals surface area (Å²) in [6, 6.07) is 3.66. The highest BCUT2D eigenvalue weighted by Gasteiger charge is 2.04. The first-order chi connectivity index (χ1) is 7.63. The van der Waals surface area contributed by atoms with E-state index in [0.29, 0.717) is 12.2 Å². The van der Waals surface area contributed by atoms with Gasteiger partial charge < -0.3 is 15.7 Å². The zero-order valence-corrected chi connectivity index (χ0v) is 8.66. The molecule has 1 aromatic rings. The van der Waals surface area contributed by atoms with Crippen LogP contribution in [0.1, 0.15) is 0 Å². The van der Waals surface area contributed by atoms with E-state index in [1.807, 2.05) is 0 Å². The van der Waals surface area contributed by atoms with E-state index in [-0.39, 0.29) is 12.5 Å². The summed E-state index contributed by atoms with van der Waals surface area (Å²) in [4.78, 5) is 11.3. The van der Waals surface area contributed by atoms with Crippen molar-refractivity contribution in [1.82, 2.24) is 5.32 Å². The number of phenolic OH excluding ortho intramolecular Hbond substituents is 1. The van der Waals surface area contributed by atoms with Crippen LogP contribution in [0.3, 0.4) is 0 Å². The number of hydrogen-bond donors (Lipinski definition) is 3. The number of anilines is 1. The standard InChI is InChI=1S/C11H13FN2O2/c1-2-5-13-7-11(16)14-8-3-4-10(15)9(12)6-8/h2-4,6,13,15H,1,5,7H2,(H,14,16). The first kappa shape index (κ1) is 12.2. The van der Waals surface area contributed by atoms with Gasteiger partial charge in [0.15, 0.2) is 11.6 Å². The minimum absolute atomic E-state index is 0.120. The van der Waals surface area contributed by atoms with Crippen molar-refractivity contribution in [3.05, 3.63) is 36.7 Å². The number of carbonyl (C=O) groups is 1. The predicted octanol–water partition coefficient (Wildman–Crippen LogP) is 1.25. The summed E-state index contributed by atoms with van der Waals surface area (Å²) in [5.41, 5.74) is 0.306. The molecule has 16 heavy (non-hydrogen) atoms. The molecular formula is C11H13FN2O2. The van der Waals surface area contributed by atoms with Gasteiger partial charge in [-0.25, -0.2) is 4.39 Å². The molecule has 0 aromatic heterocycles. The molecule has 0 atom stereocenters. The number of rotatable bonds is 5. The van der Waals surface area contributed by atoms with Gasteiger partial charge in [-0.1, -0.05) is 6.08 Å². The fourth-order valence-corrected chi connectivity index (χ4v) is 1.08. The van der Waals surface area contributed by atoms with Gasteiger partial charge in [0.25, 0.3) is 0 Å². The fraction of sp³-hybridized carbons (Fsp3) is 0.182. The lowest BCUT2D eigenvalue weighted by Crippen LogP contribution is -2.28. The van der Waals surface area contributed by atoms with Gasteiger partial charge in [0.2, 0.25) is 5.91 Å². The average molecular weight is 224 g/mol. The Bertz CT molecular complexity index is 394. The molecule has 0 aliphatic carbocycles. The second-order valence-corrected chi connectivity index (χ2v) is 3.13. The maximum Gasteiger partial charge on any atom is 0.238 e. The lowest BCUT2D eigenvalue weighted by atomic mass is 10.3. The molecule has 5 heteroatoms. The van der Waals surface area contributed by atoms with E-state index in [9.17, 15) is 9.18 Å². The fourth-order valence-electron chi connectivity index (χ4n) is 1.08. The van der Waals surface area contributed by atoms with E-state index in [1.165, 1.54) is 12.1 Å². The number of benzene rings is 1. The molecule has 0 aliphatic heterocycles. The number of nitrogens with one attached hydrogen (secondary N) is 2.